The van der Waals surface area contributed by atoms with Crippen molar-refractivity contribution in [3.05, 3.63) is 47.0 Å². The van der Waals surface area contributed by atoms with Gasteiger partial charge in [0.25, 0.3) is 5.91 Å². The molecule has 2 aromatic rings. The lowest BCUT2D eigenvalue weighted by Crippen LogP contribution is -2.36. The molecular formula is C21H22ClNO6. The van der Waals surface area contributed by atoms with Crippen LogP contribution >= 0.6 is 11.6 Å². The molecular weight excluding hydrogens is 398 g/mol. The molecule has 1 heterocycles. The SMILES string of the molecule is COc1ccc(NC(=O)[C@H](C)OC(=O)[C@H]2COc3ccc(Cl)cc3C2)cc1OC. The lowest BCUT2D eigenvalue weighted by Gasteiger charge is -2.25. The van der Waals surface area contributed by atoms with Crippen LogP contribution in [0.3, 0.4) is 0 Å². The molecule has 154 valence electrons. The average molecular weight is 420 g/mol. The van der Waals surface area contributed by atoms with Crippen molar-refractivity contribution in [1.82, 2.24) is 0 Å². The average Bonchev–Trinajstić information content (AvgIpc) is 2.72. The third-order valence-corrected chi connectivity index (χ3v) is 4.81. The summed E-state index contributed by atoms with van der Waals surface area (Å²) in [6.45, 7) is 1.71. The summed E-state index contributed by atoms with van der Waals surface area (Å²) in [6, 6.07) is 10.2. The molecule has 0 saturated carbocycles. The number of carbonyl (C=O) groups excluding carboxylic acids is 2. The third-order valence-electron chi connectivity index (χ3n) is 4.58. The van der Waals surface area contributed by atoms with E-state index in [1.54, 1.807) is 36.4 Å². The van der Waals surface area contributed by atoms with Crippen molar-refractivity contribution in [3.63, 3.8) is 0 Å². The van der Waals surface area contributed by atoms with Gasteiger partial charge in [0.2, 0.25) is 0 Å². The molecule has 1 aliphatic heterocycles. The van der Waals surface area contributed by atoms with Crippen molar-refractivity contribution >= 4 is 29.2 Å². The Morgan fingerprint density at radius 3 is 2.62 bits per heavy atom. The zero-order valence-corrected chi connectivity index (χ0v) is 17.1. The van der Waals surface area contributed by atoms with E-state index in [0.29, 0.717) is 34.4 Å². The molecule has 2 aromatic carbocycles. The molecule has 0 radical (unpaired) electrons. The van der Waals surface area contributed by atoms with E-state index in [1.165, 1.54) is 21.1 Å². The maximum atomic E-state index is 12.5. The molecule has 8 heteroatoms. The van der Waals surface area contributed by atoms with E-state index in [2.05, 4.69) is 5.32 Å². The molecule has 29 heavy (non-hydrogen) atoms. The number of halogens is 1. The lowest BCUT2D eigenvalue weighted by atomic mass is 9.97. The van der Waals surface area contributed by atoms with Crippen molar-refractivity contribution in [2.75, 3.05) is 26.1 Å². The topological polar surface area (TPSA) is 83.1 Å². The largest absolute Gasteiger partial charge is 0.493 e. The van der Waals surface area contributed by atoms with Crippen LogP contribution in [0, 0.1) is 5.92 Å². The molecule has 0 aliphatic carbocycles. The van der Waals surface area contributed by atoms with Crippen molar-refractivity contribution in [1.29, 1.82) is 0 Å². The fourth-order valence-electron chi connectivity index (χ4n) is 3.00. The first-order chi connectivity index (χ1) is 13.9. The van der Waals surface area contributed by atoms with E-state index in [0.717, 1.165) is 5.56 Å². The van der Waals surface area contributed by atoms with Gasteiger partial charge in [0.1, 0.15) is 12.4 Å². The number of amides is 1. The van der Waals surface area contributed by atoms with Gasteiger partial charge in [-0.2, -0.15) is 0 Å². The molecule has 0 aromatic heterocycles. The highest BCUT2D eigenvalue weighted by molar-refractivity contribution is 6.30. The van der Waals surface area contributed by atoms with Crippen molar-refractivity contribution < 1.29 is 28.5 Å². The van der Waals surface area contributed by atoms with Gasteiger partial charge in [0.05, 0.1) is 20.1 Å². The Balaban J connectivity index is 1.59. The van der Waals surface area contributed by atoms with Crippen LogP contribution in [0.4, 0.5) is 5.69 Å². The van der Waals surface area contributed by atoms with Crippen LogP contribution < -0.4 is 19.5 Å². The number of methoxy groups -OCH3 is 2. The van der Waals surface area contributed by atoms with Gasteiger partial charge in [-0.3, -0.25) is 9.59 Å². The molecule has 0 spiro atoms. The van der Waals surface area contributed by atoms with Crippen LogP contribution in [0.25, 0.3) is 0 Å². The second-order valence-corrected chi connectivity index (χ2v) is 7.04. The molecule has 1 N–H and O–H groups in total. The van der Waals surface area contributed by atoms with E-state index < -0.39 is 23.9 Å². The van der Waals surface area contributed by atoms with Gasteiger partial charge in [-0.25, -0.2) is 0 Å². The highest BCUT2D eigenvalue weighted by atomic mass is 35.5. The Labute approximate surface area is 173 Å². The van der Waals surface area contributed by atoms with Crippen LogP contribution in [0.5, 0.6) is 17.2 Å². The summed E-state index contributed by atoms with van der Waals surface area (Å²) >= 11 is 6.01. The highest BCUT2D eigenvalue weighted by Gasteiger charge is 2.30. The number of benzene rings is 2. The van der Waals surface area contributed by atoms with Crippen LogP contribution in [0.1, 0.15) is 12.5 Å². The summed E-state index contributed by atoms with van der Waals surface area (Å²) in [5.41, 5.74) is 1.34. The summed E-state index contributed by atoms with van der Waals surface area (Å²) < 4.78 is 21.3. The number of fused-ring (bicyclic) bond motifs is 1. The van der Waals surface area contributed by atoms with Crippen LogP contribution in [0.2, 0.25) is 5.02 Å². The van der Waals surface area contributed by atoms with E-state index in [-0.39, 0.29) is 6.61 Å². The second kappa shape index (κ2) is 9.05. The normalized spacial score (nSPS) is 16.1. The summed E-state index contributed by atoms with van der Waals surface area (Å²) in [5, 5.41) is 3.27. The Morgan fingerprint density at radius 1 is 1.14 bits per heavy atom. The summed E-state index contributed by atoms with van der Waals surface area (Å²) in [7, 11) is 3.03. The Bertz CT molecular complexity index is 916. The zero-order chi connectivity index (χ0) is 21.0. The van der Waals surface area contributed by atoms with Gasteiger partial charge in [-0.05, 0) is 49.2 Å². The molecule has 7 nitrogen and oxygen atoms in total. The van der Waals surface area contributed by atoms with Crippen LogP contribution in [-0.4, -0.2) is 38.8 Å². The first-order valence-electron chi connectivity index (χ1n) is 9.06. The monoisotopic (exact) mass is 419 g/mol. The van der Waals surface area contributed by atoms with E-state index in [1.807, 2.05) is 0 Å². The van der Waals surface area contributed by atoms with Gasteiger partial charge in [-0.15, -0.1) is 0 Å². The minimum absolute atomic E-state index is 0.192. The Hall–Kier alpha value is -2.93. The maximum absolute atomic E-state index is 12.5. The van der Waals surface area contributed by atoms with Crippen LogP contribution in [-0.2, 0) is 20.7 Å². The molecule has 0 saturated heterocycles. The Morgan fingerprint density at radius 2 is 1.90 bits per heavy atom. The second-order valence-electron chi connectivity index (χ2n) is 6.60. The number of carbonyl (C=O) groups is 2. The zero-order valence-electron chi connectivity index (χ0n) is 16.4. The van der Waals surface area contributed by atoms with E-state index in [9.17, 15) is 9.59 Å². The maximum Gasteiger partial charge on any atom is 0.313 e. The van der Waals surface area contributed by atoms with Crippen molar-refractivity contribution in [2.24, 2.45) is 5.92 Å². The molecule has 1 amide bonds. The van der Waals surface area contributed by atoms with Crippen LogP contribution in [0.15, 0.2) is 36.4 Å². The summed E-state index contributed by atoms with van der Waals surface area (Å²) in [6.07, 6.45) is -0.532. The van der Waals surface area contributed by atoms with E-state index in [4.69, 9.17) is 30.5 Å². The number of anilines is 1. The first-order valence-corrected chi connectivity index (χ1v) is 9.43. The molecule has 3 rings (SSSR count). The predicted octanol–water partition coefficient (Wildman–Crippen LogP) is 3.48. The van der Waals surface area contributed by atoms with Gasteiger partial charge in [0.15, 0.2) is 17.6 Å². The van der Waals surface area contributed by atoms with Crippen molar-refractivity contribution in [2.45, 2.75) is 19.4 Å². The predicted molar refractivity (Wildman–Crippen MR) is 108 cm³/mol. The molecule has 0 bridgehead atoms. The van der Waals surface area contributed by atoms with Gasteiger partial charge in [0, 0.05) is 16.8 Å². The highest BCUT2D eigenvalue weighted by Crippen LogP contribution is 2.31. The number of nitrogens with one attached hydrogen (secondary N) is 1. The number of rotatable bonds is 6. The minimum Gasteiger partial charge on any atom is -0.493 e. The quantitative estimate of drug-likeness (QED) is 0.722. The van der Waals surface area contributed by atoms with Gasteiger partial charge in [-0.1, -0.05) is 11.6 Å². The summed E-state index contributed by atoms with van der Waals surface area (Å²) in [4.78, 5) is 24.9. The Kier molecular flexibility index (Phi) is 6.49. The molecule has 0 fully saturated rings. The number of hydrogen-bond acceptors (Lipinski definition) is 6. The number of ether oxygens (including phenoxy) is 4. The molecule has 0 unspecified atom stereocenters. The lowest BCUT2D eigenvalue weighted by molar-refractivity contribution is -0.158. The fraction of sp³-hybridized carbons (Fsp3) is 0.333. The summed E-state index contributed by atoms with van der Waals surface area (Å²) in [5.74, 6) is 0.278. The fourth-order valence-corrected chi connectivity index (χ4v) is 3.19. The van der Waals surface area contributed by atoms with Gasteiger partial charge < -0.3 is 24.3 Å². The van der Waals surface area contributed by atoms with Gasteiger partial charge >= 0.3 is 5.97 Å². The number of esters is 1. The molecule has 2 atom stereocenters. The third kappa shape index (κ3) is 4.92. The van der Waals surface area contributed by atoms with Crippen molar-refractivity contribution in [3.8, 4) is 17.2 Å². The number of hydrogen-bond donors (Lipinski definition) is 1. The minimum atomic E-state index is -0.976. The van der Waals surface area contributed by atoms with E-state index >= 15 is 0 Å². The smallest absolute Gasteiger partial charge is 0.313 e. The standard InChI is InChI=1S/C21H22ClNO6/c1-12(20(24)23-16-5-7-18(26-2)19(10-16)27-3)29-21(25)14-8-13-9-15(22)4-6-17(13)28-11-14/h4-7,9-10,12,14H,8,11H2,1-3H3,(H,23,24)/t12-,14+/m0/s1. The first kappa shape index (κ1) is 20.8. The molecule has 1 aliphatic rings.